The fraction of sp³-hybridized carbons (Fsp3) is 0.200. The van der Waals surface area contributed by atoms with Gasteiger partial charge in [0.2, 0.25) is 11.4 Å². The molecule has 0 saturated carbocycles. The molecule has 1 amide bonds. The van der Waals surface area contributed by atoms with E-state index in [-0.39, 0.29) is 6.54 Å². The van der Waals surface area contributed by atoms with E-state index in [1.807, 2.05) is 0 Å². The van der Waals surface area contributed by atoms with Crippen LogP contribution < -0.4 is 5.32 Å². The van der Waals surface area contributed by atoms with Crippen LogP contribution in [0.15, 0.2) is 36.8 Å². The monoisotopic (exact) mass is 269 g/mol. The van der Waals surface area contributed by atoms with Crippen molar-refractivity contribution in [2.75, 3.05) is 0 Å². The van der Waals surface area contributed by atoms with Gasteiger partial charge in [-0.05, 0) is 17.7 Å². The van der Waals surface area contributed by atoms with E-state index in [1.165, 1.54) is 17.2 Å². The van der Waals surface area contributed by atoms with E-state index in [0.717, 1.165) is 5.56 Å². The van der Waals surface area contributed by atoms with Gasteiger partial charge in [0, 0.05) is 31.2 Å². The number of rotatable bonds is 3. The Morgan fingerprint density at radius 1 is 1.39 bits per heavy atom. The average molecular weight is 269 g/mol. The largest absolute Gasteiger partial charge is 0.339 e. The van der Waals surface area contributed by atoms with Crippen LogP contribution in [0.5, 0.6) is 0 Å². The first-order valence-corrected chi connectivity index (χ1v) is 6.57. The second-order valence-corrected chi connectivity index (χ2v) is 5.20. The van der Waals surface area contributed by atoms with Crippen LogP contribution in [0.2, 0.25) is 0 Å². The van der Waals surface area contributed by atoms with E-state index in [1.54, 1.807) is 24.5 Å². The minimum atomic E-state index is -4.40. The summed E-state index contributed by atoms with van der Waals surface area (Å²) >= 11 is 0. The van der Waals surface area contributed by atoms with Crippen LogP contribution in [0.4, 0.5) is 0 Å². The minimum absolute atomic E-state index is 0.226. The smallest absolute Gasteiger partial charge is 0.306 e. The highest BCUT2D eigenvalue weighted by Gasteiger charge is 2.31. The summed E-state index contributed by atoms with van der Waals surface area (Å²) in [5, 5.41) is 2.17. The molecule has 1 aromatic rings. The van der Waals surface area contributed by atoms with Gasteiger partial charge in [0.15, 0.2) is 0 Å². The van der Waals surface area contributed by atoms with E-state index in [4.69, 9.17) is 4.55 Å². The number of carbonyl (C=O) groups is 1. The lowest BCUT2D eigenvalue weighted by Gasteiger charge is -2.31. The zero-order chi connectivity index (χ0) is 13.2. The number of amides is 1. The van der Waals surface area contributed by atoms with Crippen molar-refractivity contribution < 1.29 is 17.8 Å². The Balaban J connectivity index is 2.24. The number of nitrogens with zero attached hydrogens (tertiary/aromatic N) is 2. The van der Waals surface area contributed by atoms with Crippen molar-refractivity contribution >= 4 is 16.0 Å². The quantitative estimate of drug-likeness (QED) is 0.731. The molecule has 0 bridgehead atoms. The molecule has 2 heterocycles. The molecule has 0 spiro atoms. The summed E-state index contributed by atoms with van der Waals surface area (Å²) < 4.78 is 31.4. The van der Waals surface area contributed by atoms with Gasteiger partial charge in [-0.25, -0.2) is 0 Å². The summed E-state index contributed by atoms with van der Waals surface area (Å²) in [4.78, 5) is 16.3. The van der Waals surface area contributed by atoms with Gasteiger partial charge in [0.25, 0.3) is 0 Å². The third-order valence-electron chi connectivity index (χ3n) is 2.38. The number of carbonyl (C=O) groups excluding carboxylic acids is 1. The van der Waals surface area contributed by atoms with Crippen molar-refractivity contribution in [3.05, 3.63) is 42.4 Å². The molecule has 7 nitrogen and oxygen atoms in total. The second kappa shape index (κ2) is 4.75. The third-order valence-corrected chi connectivity index (χ3v) is 3.33. The van der Waals surface area contributed by atoms with Crippen molar-refractivity contribution in [1.29, 1.82) is 0 Å². The van der Waals surface area contributed by atoms with Gasteiger partial charge in [-0.1, -0.05) is 0 Å². The SMILES string of the molecule is O=C1C=CN(Cc2ccncc2)C(S(=O)(=O)O)N1. The summed E-state index contributed by atoms with van der Waals surface area (Å²) in [6.45, 7) is 0.226. The first-order chi connectivity index (χ1) is 8.47. The van der Waals surface area contributed by atoms with E-state index in [9.17, 15) is 13.2 Å². The summed E-state index contributed by atoms with van der Waals surface area (Å²) in [7, 11) is -4.40. The standard InChI is InChI=1S/C10H11N3O4S/c14-9-3-6-13(10(12-9)18(15,16)17)7-8-1-4-11-5-2-8/h1-6,10H,7H2,(H,12,14)(H,15,16,17). The minimum Gasteiger partial charge on any atom is -0.339 e. The molecule has 1 unspecified atom stereocenters. The predicted molar refractivity (Wildman–Crippen MR) is 62.4 cm³/mol. The zero-order valence-electron chi connectivity index (χ0n) is 9.22. The summed E-state index contributed by atoms with van der Waals surface area (Å²) in [6.07, 6.45) is 5.68. The molecule has 0 saturated heterocycles. The summed E-state index contributed by atoms with van der Waals surface area (Å²) in [5.41, 5.74) is -0.664. The lowest BCUT2D eigenvalue weighted by Crippen LogP contribution is -2.52. The molecule has 1 aliphatic rings. The highest BCUT2D eigenvalue weighted by atomic mass is 32.2. The maximum absolute atomic E-state index is 11.2. The average Bonchev–Trinajstić information content (AvgIpc) is 2.31. The Morgan fingerprint density at radius 2 is 2.06 bits per heavy atom. The number of hydrogen-bond donors (Lipinski definition) is 2. The molecule has 0 aliphatic carbocycles. The van der Waals surface area contributed by atoms with Crippen molar-refractivity contribution in [3.8, 4) is 0 Å². The van der Waals surface area contributed by atoms with Crippen LogP contribution in [-0.4, -0.2) is 34.3 Å². The van der Waals surface area contributed by atoms with Crippen LogP contribution in [0.1, 0.15) is 5.56 Å². The lowest BCUT2D eigenvalue weighted by molar-refractivity contribution is -0.118. The first-order valence-electron chi connectivity index (χ1n) is 5.06. The van der Waals surface area contributed by atoms with Gasteiger partial charge in [-0.2, -0.15) is 8.42 Å². The number of aromatic nitrogens is 1. The van der Waals surface area contributed by atoms with E-state index in [2.05, 4.69) is 10.3 Å². The predicted octanol–water partition coefficient (Wildman–Crippen LogP) is -0.302. The zero-order valence-corrected chi connectivity index (χ0v) is 10.0. The molecule has 0 radical (unpaired) electrons. The second-order valence-electron chi connectivity index (χ2n) is 3.72. The first kappa shape index (κ1) is 12.5. The number of pyridine rings is 1. The Hall–Kier alpha value is -1.93. The fourth-order valence-corrected chi connectivity index (χ4v) is 2.33. The molecule has 2 rings (SSSR count). The van der Waals surface area contributed by atoms with Crippen molar-refractivity contribution in [1.82, 2.24) is 15.2 Å². The van der Waals surface area contributed by atoms with Crippen molar-refractivity contribution in [2.45, 2.75) is 12.0 Å². The van der Waals surface area contributed by atoms with Crippen molar-refractivity contribution in [3.63, 3.8) is 0 Å². The Kier molecular flexibility index (Phi) is 3.30. The molecule has 1 aliphatic heterocycles. The van der Waals surface area contributed by atoms with Gasteiger partial charge >= 0.3 is 10.1 Å². The Morgan fingerprint density at radius 3 is 2.67 bits per heavy atom. The fourth-order valence-electron chi connectivity index (χ4n) is 1.57. The van der Waals surface area contributed by atoms with Crippen LogP contribution >= 0.6 is 0 Å². The molecular weight excluding hydrogens is 258 g/mol. The molecule has 8 heteroatoms. The Labute approximate surface area is 104 Å². The summed E-state index contributed by atoms with van der Waals surface area (Å²) in [6, 6.07) is 3.43. The molecule has 1 atom stereocenters. The molecule has 1 aromatic heterocycles. The van der Waals surface area contributed by atoms with Crippen LogP contribution in [0.3, 0.4) is 0 Å². The molecule has 2 N–H and O–H groups in total. The highest BCUT2D eigenvalue weighted by molar-refractivity contribution is 7.86. The maximum atomic E-state index is 11.2. The summed E-state index contributed by atoms with van der Waals surface area (Å²) in [5.74, 6) is -0.566. The normalized spacial score (nSPS) is 19.7. The topological polar surface area (TPSA) is 99.6 Å². The molecule has 0 fully saturated rings. The number of hydrogen-bond acceptors (Lipinski definition) is 5. The van der Waals surface area contributed by atoms with Crippen LogP contribution in [0.25, 0.3) is 0 Å². The van der Waals surface area contributed by atoms with Gasteiger partial charge in [0.1, 0.15) is 0 Å². The molecular formula is C10H11N3O4S. The molecule has 96 valence electrons. The van der Waals surface area contributed by atoms with Gasteiger partial charge in [0.05, 0.1) is 0 Å². The number of nitrogens with one attached hydrogen (secondary N) is 1. The lowest BCUT2D eigenvalue weighted by atomic mass is 10.2. The molecule has 0 aromatic carbocycles. The third kappa shape index (κ3) is 2.84. The van der Waals surface area contributed by atoms with E-state index in [0.29, 0.717) is 0 Å². The highest BCUT2D eigenvalue weighted by Crippen LogP contribution is 2.13. The maximum Gasteiger partial charge on any atom is 0.306 e. The van der Waals surface area contributed by atoms with E-state index < -0.39 is 21.5 Å². The molecule has 18 heavy (non-hydrogen) atoms. The van der Waals surface area contributed by atoms with E-state index >= 15 is 0 Å². The van der Waals surface area contributed by atoms with Crippen LogP contribution in [0, 0.1) is 0 Å². The Bertz CT molecular complexity index is 570. The van der Waals surface area contributed by atoms with Gasteiger partial charge in [-0.3, -0.25) is 14.3 Å². The van der Waals surface area contributed by atoms with Crippen LogP contribution in [-0.2, 0) is 21.5 Å². The van der Waals surface area contributed by atoms with Gasteiger partial charge < -0.3 is 10.2 Å². The van der Waals surface area contributed by atoms with Gasteiger partial charge in [-0.15, -0.1) is 0 Å². The van der Waals surface area contributed by atoms with Crippen molar-refractivity contribution in [2.24, 2.45) is 0 Å².